The molecular weight excluding hydrogens is 384 g/mol. The number of oxime groups is 1. The van der Waals surface area contributed by atoms with Gasteiger partial charge in [-0.1, -0.05) is 80.0 Å². The summed E-state index contributed by atoms with van der Waals surface area (Å²) in [4.78, 5) is 20.6. The number of benzene rings is 2. The fraction of sp³-hybridized carbons (Fsp3) is 0.417. The van der Waals surface area contributed by atoms with Gasteiger partial charge in [-0.15, -0.1) is 0 Å². The quantitative estimate of drug-likeness (QED) is 0.619. The van der Waals surface area contributed by atoms with E-state index in [9.17, 15) is 4.79 Å². The number of halogens is 1. The molecule has 0 radical (unpaired) electrons. The standard InChI is InChI=1S/C24H29ClN2O2/c1-17-9-5-7-11-20(17)22-13-19(29-26-22)16-27(23(28)14-24(2,3)4)15-18-10-6-8-12-21(18)25/h5-12,19H,13-16H2,1-4H3. The number of carbonyl (C=O) groups excluding carboxylic acids is 1. The molecule has 0 saturated carbocycles. The van der Waals surface area contributed by atoms with Crippen molar-refractivity contribution < 1.29 is 9.63 Å². The zero-order chi connectivity index (χ0) is 21.0. The summed E-state index contributed by atoms with van der Waals surface area (Å²) >= 11 is 6.35. The van der Waals surface area contributed by atoms with E-state index in [1.165, 1.54) is 5.56 Å². The molecule has 0 aromatic heterocycles. The Morgan fingerprint density at radius 1 is 1.17 bits per heavy atom. The summed E-state index contributed by atoms with van der Waals surface area (Å²) in [6, 6.07) is 15.8. The maximum absolute atomic E-state index is 13.1. The molecule has 1 aliphatic rings. The molecule has 29 heavy (non-hydrogen) atoms. The second-order valence-electron chi connectivity index (χ2n) is 8.89. The lowest BCUT2D eigenvalue weighted by molar-refractivity contribution is -0.135. The molecule has 0 saturated heterocycles. The monoisotopic (exact) mass is 412 g/mol. The third-order valence-corrected chi connectivity index (χ3v) is 5.34. The minimum absolute atomic E-state index is 0.0881. The van der Waals surface area contributed by atoms with Crippen molar-refractivity contribution in [2.24, 2.45) is 10.6 Å². The van der Waals surface area contributed by atoms with Crippen molar-refractivity contribution >= 4 is 23.2 Å². The predicted octanol–water partition coefficient (Wildman–Crippen LogP) is 5.61. The predicted molar refractivity (Wildman–Crippen MR) is 118 cm³/mol. The van der Waals surface area contributed by atoms with Gasteiger partial charge in [0.1, 0.15) is 0 Å². The molecule has 0 aliphatic carbocycles. The maximum atomic E-state index is 13.1. The second kappa shape index (κ2) is 9.00. The third-order valence-electron chi connectivity index (χ3n) is 4.97. The minimum Gasteiger partial charge on any atom is -0.390 e. The van der Waals surface area contributed by atoms with E-state index in [-0.39, 0.29) is 17.4 Å². The number of rotatable bonds is 6. The van der Waals surface area contributed by atoms with Gasteiger partial charge in [0.2, 0.25) is 5.91 Å². The molecule has 2 aromatic rings. The number of hydrogen-bond donors (Lipinski definition) is 0. The third kappa shape index (κ3) is 5.83. The first-order chi connectivity index (χ1) is 13.7. The van der Waals surface area contributed by atoms with Crippen LogP contribution >= 0.6 is 11.6 Å². The van der Waals surface area contributed by atoms with E-state index in [4.69, 9.17) is 16.4 Å². The van der Waals surface area contributed by atoms with Gasteiger partial charge in [0.15, 0.2) is 6.10 Å². The van der Waals surface area contributed by atoms with E-state index < -0.39 is 0 Å². The molecule has 4 nitrogen and oxygen atoms in total. The summed E-state index contributed by atoms with van der Waals surface area (Å²) in [6.07, 6.45) is 0.999. The molecule has 1 heterocycles. The summed E-state index contributed by atoms with van der Waals surface area (Å²) in [5.41, 5.74) is 4.07. The minimum atomic E-state index is -0.156. The van der Waals surface area contributed by atoms with Gasteiger partial charge in [0, 0.05) is 30.0 Å². The van der Waals surface area contributed by atoms with Gasteiger partial charge in [0.05, 0.1) is 12.3 Å². The van der Waals surface area contributed by atoms with Gasteiger partial charge in [-0.2, -0.15) is 0 Å². The first-order valence-electron chi connectivity index (χ1n) is 10.0. The Kier molecular flexibility index (Phi) is 6.63. The summed E-state index contributed by atoms with van der Waals surface area (Å²) in [5.74, 6) is 0.102. The normalized spacial score (nSPS) is 16.3. The van der Waals surface area contributed by atoms with E-state index in [1.807, 2.05) is 41.3 Å². The van der Waals surface area contributed by atoms with Crippen LogP contribution in [0.2, 0.25) is 5.02 Å². The highest BCUT2D eigenvalue weighted by Gasteiger charge is 2.29. The number of nitrogens with zero attached hydrogens (tertiary/aromatic N) is 2. The molecule has 1 amide bonds. The van der Waals surface area contributed by atoms with Crippen molar-refractivity contribution in [2.75, 3.05) is 6.54 Å². The van der Waals surface area contributed by atoms with Crippen LogP contribution < -0.4 is 0 Å². The van der Waals surface area contributed by atoms with Crippen molar-refractivity contribution in [1.29, 1.82) is 0 Å². The molecule has 1 unspecified atom stereocenters. The molecule has 1 atom stereocenters. The second-order valence-corrected chi connectivity index (χ2v) is 9.29. The topological polar surface area (TPSA) is 41.9 Å². The van der Waals surface area contributed by atoms with Crippen molar-refractivity contribution in [3.05, 3.63) is 70.2 Å². The Hall–Kier alpha value is -2.33. The molecule has 1 aliphatic heterocycles. The van der Waals surface area contributed by atoms with Gasteiger partial charge in [-0.25, -0.2) is 0 Å². The molecule has 3 rings (SSSR count). The SMILES string of the molecule is Cc1ccccc1C1=NOC(CN(Cc2ccccc2Cl)C(=O)CC(C)(C)C)C1. The smallest absolute Gasteiger partial charge is 0.223 e. The lowest BCUT2D eigenvalue weighted by Gasteiger charge is -2.28. The van der Waals surface area contributed by atoms with Gasteiger partial charge in [0.25, 0.3) is 0 Å². The van der Waals surface area contributed by atoms with Gasteiger partial charge < -0.3 is 9.74 Å². The Balaban J connectivity index is 1.73. The van der Waals surface area contributed by atoms with Gasteiger partial charge in [-0.05, 0) is 29.5 Å². The molecule has 154 valence electrons. The Morgan fingerprint density at radius 2 is 1.86 bits per heavy atom. The van der Waals surface area contributed by atoms with E-state index in [1.54, 1.807) is 0 Å². The number of amides is 1. The molecule has 0 N–H and O–H groups in total. The summed E-state index contributed by atoms with van der Waals surface area (Å²) < 4.78 is 0. The number of aryl methyl sites for hydroxylation is 1. The zero-order valence-electron chi connectivity index (χ0n) is 17.6. The van der Waals surface area contributed by atoms with Crippen LogP contribution in [0.15, 0.2) is 53.7 Å². The van der Waals surface area contributed by atoms with E-state index >= 15 is 0 Å². The summed E-state index contributed by atoms with van der Waals surface area (Å²) in [6.45, 7) is 9.24. The molecule has 0 fully saturated rings. The maximum Gasteiger partial charge on any atom is 0.223 e. The fourth-order valence-electron chi connectivity index (χ4n) is 3.48. The van der Waals surface area contributed by atoms with E-state index in [0.717, 1.165) is 16.8 Å². The van der Waals surface area contributed by atoms with Gasteiger partial charge in [-0.3, -0.25) is 4.79 Å². The molecule has 0 bridgehead atoms. The highest BCUT2D eigenvalue weighted by molar-refractivity contribution is 6.31. The van der Waals surface area contributed by atoms with Crippen molar-refractivity contribution in [2.45, 2.75) is 53.2 Å². The molecule has 2 aromatic carbocycles. The van der Waals surface area contributed by atoms with Crippen LogP contribution in [0.4, 0.5) is 0 Å². The highest BCUT2D eigenvalue weighted by atomic mass is 35.5. The Labute approximate surface area is 178 Å². The van der Waals surface area contributed by atoms with Crippen molar-refractivity contribution in [3.63, 3.8) is 0 Å². The van der Waals surface area contributed by atoms with Gasteiger partial charge >= 0.3 is 0 Å². The highest BCUT2D eigenvalue weighted by Crippen LogP contribution is 2.25. The van der Waals surface area contributed by atoms with Crippen LogP contribution in [0.1, 0.15) is 50.3 Å². The first kappa shape index (κ1) is 21.4. The molecule has 5 heteroatoms. The zero-order valence-corrected chi connectivity index (χ0v) is 18.4. The molecule has 0 spiro atoms. The Morgan fingerprint density at radius 3 is 2.55 bits per heavy atom. The number of carbonyl (C=O) groups is 1. The van der Waals surface area contributed by atoms with Crippen LogP contribution in [0.3, 0.4) is 0 Å². The Bertz CT molecular complexity index is 902. The van der Waals surface area contributed by atoms with Crippen LogP contribution in [-0.4, -0.2) is 29.2 Å². The average Bonchev–Trinajstić information content (AvgIpc) is 3.10. The first-order valence-corrected chi connectivity index (χ1v) is 10.4. The number of hydrogen-bond acceptors (Lipinski definition) is 3. The summed E-state index contributed by atoms with van der Waals surface area (Å²) in [7, 11) is 0. The van der Waals surface area contributed by atoms with Crippen LogP contribution in [0, 0.1) is 12.3 Å². The average molecular weight is 413 g/mol. The van der Waals surface area contributed by atoms with E-state index in [0.29, 0.717) is 31.0 Å². The van der Waals surface area contributed by atoms with Crippen molar-refractivity contribution in [1.82, 2.24) is 4.90 Å². The molecular formula is C24H29ClN2O2. The van der Waals surface area contributed by atoms with Crippen LogP contribution in [-0.2, 0) is 16.2 Å². The van der Waals surface area contributed by atoms with E-state index in [2.05, 4.69) is 45.0 Å². The van der Waals surface area contributed by atoms with Crippen LogP contribution in [0.5, 0.6) is 0 Å². The van der Waals surface area contributed by atoms with Crippen molar-refractivity contribution in [3.8, 4) is 0 Å². The lowest BCUT2D eigenvalue weighted by Crippen LogP contribution is -2.39. The largest absolute Gasteiger partial charge is 0.390 e. The lowest BCUT2D eigenvalue weighted by atomic mass is 9.91. The fourth-order valence-corrected chi connectivity index (χ4v) is 3.68. The summed E-state index contributed by atoms with van der Waals surface area (Å²) in [5, 5.41) is 4.98. The van der Waals surface area contributed by atoms with Crippen LogP contribution in [0.25, 0.3) is 0 Å².